The first-order chi connectivity index (χ1) is 13.6. The zero-order valence-corrected chi connectivity index (χ0v) is 15.7. The van der Waals surface area contributed by atoms with Crippen LogP contribution in [0, 0.1) is 0 Å². The maximum atomic E-state index is 13.0. The first-order valence-electron chi connectivity index (χ1n) is 8.00. The highest BCUT2D eigenvalue weighted by Gasteiger charge is 2.48. The molecule has 1 saturated heterocycles. The quantitative estimate of drug-likeness (QED) is 0.429. The fourth-order valence-corrected chi connectivity index (χ4v) is 3.77. The standard InChI is InChI=1S/C15H16F6O8S/c1-27-13-12(11(24)10(23)9(5-22)28-13)29-30(25,26)8-3-6(14(16,17)18)2-7(4-8)15(19,20)21/h2-4,9-13,22-24H,5H2,1H3/t9-,10-,11+,12-,13+/m1/s1. The van der Waals surface area contributed by atoms with Gasteiger partial charge < -0.3 is 24.8 Å². The molecular weight excluding hydrogens is 454 g/mol. The van der Waals surface area contributed by atoms with Gasteiger partial charge in [-0.1, -0.05) is 0 Å². The molecule has 1 aliphatic rings. The summed E-state index contributed by atoms with van der Waals surface area (Å²) in [5.74, 6) is 0. The largest absolute Gasteiger partial charge is 0.416 e. The minimum absolute atomic E-state index is 0.0740. The van der Waals surface area contributed by atoms with Gasteiger partial charge in [-0.25, -0.2) is 0 Å². The molecule has 0 amide bonds. The number of ether oxygens (including phenoxy) is 2. The summed E-state index contributed by atoms with van der Waals surface area (Å²) in [6, 6.07) is -0.421. The molecular formula is C15H16F6O8S. The Hall–Kier alpha value is -1.49. The average Bonchev–Trinajstić information content (AvgIpc) is 2.64. The van der Waals surface area contributed by atoms with Crippen LogP contribution in [0.3, 0.4) is 0 Å². The van der Waals surface area contributed by atoms with Crippen LogP contribution in [-0.4, -0.2) is 68.2 Å². The van der Waals surface area contributed by atoms with E-state index in [2.05, 4.69) is 4.18 Å². The Morgan fingerprint density at radius 3 is 1.90 bits per heavy atom. The molecule has 0 aliphatic carbocycles. The van der Waals surface area contributed by atoms with Crippen molar-refractivity contribution < 1.29 is 63.7 Å². The van der Waals surface area contributed by atoms with Gasteiger partial charge in [-0.05, 0) is 18.2 Å². The lowest BCUT2D eigenvalue weighted by Gasteiger charge is -2.40. The number of aliphatic hydroxyl groups is 3. The third-order valence-corrected chi connectivity index (χ3v) is 5.43. The maximum Gasteiger partial charge on any atom is 0.416 e. The Morgan fingerprint density at radius 1 is 1.00 bits per heavy atom. The summed E-state index contributed by atoms with van der Waals surface area (Å²) < 4.78 is 117. The number of aliphatic hydroxyl groups excluding tert-OH is 3. The van der Waals surface area contributed by atoms with E-state index in [1.807, 2.05) is 0 Å². The number of rotatable bonds is 5. The van der Waals surface area contributed by atoms with Crippen molar-refractivity contribution in [3.8, 4) is 0 Å². The van der Waals surface area contributed by atoms with E-state index < -0.39 is 75.8 Å². The number of benzene rings is 1. The number of hydrogen-bond acceptors (Lipinski definition) is 8. The minimum Gasteiger partial charge on any atom is -0.394 e. The Labute approximate surface area is 165 Å². The van der Waals surface area contributed by atoms with Gasteiger partial charge in [-0.15, -0.1) is 0 Å². The van der Waals surface area contributed by atoms with Crippen molar-refractivity contribution in [3.63, 3.8) is 0 Å². The second-order valence-corrected chi connectivity index (χ2v) is 7.77. The van der Waals surface area contributed by atoms with Crippen LogP contribution in [0.2, 0.25) is 0 Å². The van der Waals surface area contributed by atoms with Gasteiger partial charge in [0.2, 0.25) is 0 Å². The van der Waals surface area contributed by atoms with Crippen molar-refractivity contribution in [1.82, 2.24) is 0 Å². The summed E-state index contributed by atoms with van der Waals surface area (Å²) in [6.07, 6.45) is -19.8. The van der Waals surface area contributed by atoms with E-state index in [1.165, 1.54) is 0 Å². The summed E-state index contributed by atoms with van der Waals surface area (Å²) in [6.45, 7) is -0.819. The number of hydrogen-bond donors (Lipinski definition) is 3. The van der Waals surface area contributed by atoms with Crippen molar-refractivity contribution in [3.05, 3.63) is 29.3 Å². The molecule has 0 bridgehead atoms. The van der Waals surface area contributed by atoms with Gasteiger partial charge >= 0.3 is 12.4 Å². The molecule has 0 unspecified atom stereocenters. The van der Waals surface area contributed by atoms with Crippen LogP contribution in [0.15, 0.2) is 23.1 Å². The zero-order valence-electron chi connectivity index (χ0n) is 14.9. The topological polar surface area (TPSA) is 123 Å². The van der Waals surface area contributed by atoms with Crippen LogP contribution in [0.4, 0.5) is 26.3 Å². The molecule has 1 aromatic carbocycles. The lowest BCUT2D eigenvalue weighted by atomic mass is 9.99. The summed E-state index contributed by atoms with van der Waals surface area (Å²) >= 11 is 0. The fourth-order valence-electron chi connectivity index (χ4n) is 2.62. The van der Waals surface area contributed by atoms with Crippen molar-refractivity contribution >= 4 is 10.1 Å². The van der Waals surface area contributed by atoms with E-state index in [0.29, 0.717) is 0 Å². The second kappa shape index (κ2) is 8.57. The predicted molar refractivity (Wildman–Crippen MR) is 83.3 cm³/mol. The molecule has 1 heterocycles. The van der Waals surface area contributed by atoms with Gasteiger partial charge in [0.25, 0.3) is 10.1 Å². The van der Waals surface area contributed by atoms with Gasteiger partial charge in [-0.2, -0.15) is 34.8 Å². The molecule has 1 fully saturated rings. The molecule has 172 valence electrons. The molecule has 2 rings (SSSR count). The van der Waals surface area contributed by atoms with Crippen molar-refractivity contribution in [2.75, 3.05) is 13.7 Å². The highest BCUT2D eigenvalue weighted by Crippen LogP contribution is 2.38. The Bertz CT molecular complexity index is 821. The molecule has 5 atom stereocenters. The van der Waals surface area contributed by atoms with Crippen molar-refractivity contribution in [2.45, 2.75) is 48.0 Å². The number of alkyl halides is 6. The van der Waals surface area contributed by atoms with Crippen LogP contribution in [-0.2, 0) is 36.1 Å². The van der Waals surface area contributed by atoms with Gasteiger partial charge in [0.1, 0.15) is 18.3 Å². The van der Waals surface area contributed by atoms with Crippen LogP contribution in [0.5, 0.6) is 0 Å². The molecule has 0 saturated carbocycles. The molecule has 0 radical (unpaired) electrons. The molecule has 1 aliphatic heterocycles. The summed E-state index contributed by atoms with van der Waals surface area (Å²) in [5, 5.41) is 29.0. The molecule has 3 N–H and O–H groups in total. The number of halogens is 6. The van der Waals surface area contributed by atoms with Crippen LogP contribution < -0.4 is 0 Å². The monoisotopic (exact) mass is 470 g/mol. The molecule has 8 nitrogen and oxygen atoms in total. The summed E-state index contributed by atoms with van der Waals surface area (Å²) in [7, 11) is -4.39. The third kappa shape index (κ3) is 5.22. The molecule has 0 spiro atoms. The van der Waals surface area contributed by atoms with E-state index in [4.69, 9.17) is 14.6 Å². The molecule has 1 aromatic rings. The number of methoxy groups -OCH3 is 1. The van der Waals surface area contributed by atoms with Gasteiger partial charge in [0.15, 0.2) is 12.4 Å². The van der Waals surface area contributed by atoms with Crippen LogP contribution in [0.1, 0.15) is 11.1 Å². The van der Waals surface area contributed by atoms with Crippen LogP contribution >= 0.6 is 0 Å². The normalized spacial score (nSPS) is 28.5. The lowest BCUT2D eigenvalue weighted by Crippen LogP contribution is -2.60. The Morgan fingerprint density at radius 2 is 1.50 bits per heavy atom. The van der Waals surface area contributed by atoms with E-state index in [1.54, 1.807) is 0 Å². The molecule has 30 heavy (non-hydrogen) atoms. The SMILES string of the molecule is CO[C@H]1O[C@H](CO)[C@@H](O)[C@H](O)[C@H]1OS(=O)(=O)c1cc(C(F)(F)F)cc(C(F)(F)F)c1. The second-order valence-electron chi connectivity index (χ2n) is 6.20. The third-order valence-electron chi connectivity index (χ3n) is 4.14. The highest BCUT2D eigenvalue weighted by molar-refractivity contribution is 7.86. The predicted octanol–water partition coefficient (Wildman–Crippen LogP) is 0.883. The van der Waals surface area contributed by atoms with Crippen molar-refractivity contribution in [2.24, 2.45) is 0 Å². The molecule has 0 aromatic heterocycles. The van der Waals surface area contributed by atoms with E-state index >= 15 is 0 Å². The van der Waals surface area contributed by atoms with Crippen molar-refractivity contribution in [1.29, 1.82) is 0 Å². The first-order valence-corrected chi connectivity index (χ1v) is 9.40. The zero-order chi connectivity index (χ0) is 23.1. The Balaban J connectivity index is 2.48. The minimum atomic E-state index is -5.34. The van der Waals surface area contributed by atoms with Crippen LogP contribution in [0.25, 0.3) is 0 Å². The molecule has 15 heteroatoms. The van der Waals surface area contributed by atoms with E-state index in [-0.39, 0.29) is 18.2 Å². The summed E-state index contributed by atoms with van der Waals surface area (Å²) in [5.41, 5.74) is -3.80. The Kier molecular flexibility index (Phi) is 7.07. The average molecular weight is 470 g/mol. The smallest absolute Gasteiger partial charge is 0.394 e. The maximum absolute atomic E-state index is 13.0. The van der Waals surface area contributed by atoms with E-state index in [0.717, 1.165) is 7.11 Å². The first kappa shape index (κ1) is 24.8. The highest BCUT2D eigenvalue weighted by atomic mass is 32.2. The van der Waals surface area contributed by atoms with Gasteiger partial charge in [0, 0.05) is 7.11 Å². The van der Waals surface area contributed by atoms with Gasteiger partial charge in [0.05, 0.1) is 22.6 Å². The van der Waals surface area contributed by atoms with E-state index in [9.17, 15) is 45.0 Å². The summed E-state index contributed by atoms with van der Waals surface area (Å²) in [4.78, 5) is -1.49. The fraction of sp³-hybridized carbons (Fsp3) is 0.600. The lowest BCUT2D eigenvalue weighted by molar-refractivity contribution is -0.288. The van der Waals surface area contributed by atoms with Gasteiger partial charge in [-0.3, -0.25) is 4.18 Å².